The molecule has 0 aliphatic heterocycles. The van der Waals surface area contributed by atoms with E-state index >= 15 is 0 Å². The summed E-state index contributed by atoms with van der Waals surface area (Å²) in [4.78, 5) is 23.3. The van der Waals surface area contributed by atoms with Crippen LogP contribution in [0.5, 0.6) is 0 Å². The monoisotopic (exact) mass is 428 g/mol. The zero-order valence-electron chi connectivity index (χ0n) is 13.2. The number of aliphatic hydroxyl groups is 1. The van der Waals surface area contributed by atoms with Gasteiger partial charge in [-0.25, -0.2) is 8.78 Å². The first-order valence-corrected chi connectivity index (χ1v) is 7.40. The highest BCUT2D eigenvalue weighted by Crippen LogP contribution is 2.32. The molecule has 0 aromatic rings. The normalized spacial score (nSPS) is 15.6. The van der Waals surface area contributed by atoms with Crippen molar-refractivity contribution >= 4 is 27.9 Å². The molecule has 0 rings (SSSR count). The largest absolute Gasteiger partial charge is 0.463 e. The summed E-state index contributed by atoms with van der Waals surface area (Å²) < 4.78 is 70.0. The Labute approximate surface area is 143 Å². The molecule has 1 N–H and O–H groups in total. The van der Waals surface area contributed by atoms with Gasteiger partial charge in [-0.2, -0.15) is 13.2 Å². The SMILES string of the molecule is CC(C)(Br)C(=O)OCC(C)(CO)C(=O)OCC(F)(F)CC(F)(F)F. The standard InChI is InChI=1S/C13H18BrF5O5/c1-10(2,14)8(21)23-6-11(3,5-20)9(22)24-7-12(15,16)4-13(17,18)19/h20H,4-7H2,1-3H3. The Kier molecular flexibility index (Phi) is 7.62. The predicted molar refractivity (Wildman–Crippen MR) is 75.7 cm³/mol. The van der Waals surface area contributed by atoms with Gasteiger partial charge in [0.05, 0.1) is 6.61 Å². The number of hydrogen-bond acceptors (Lipinski definition) is 5. The Balaban J connectivity index is 4.76. The molecule has 11 heteroatoms. The summed E-state index contributed by atoms with van der Waals surface area (Å²) >= 11 is 3.00. The van der Waals surface area contributed by atoms with Gasteiger partial charge in [-0.15, -0.1) is 0 Å². The molecule has 0 aromatic heterocycles. The number of carbonyl (C=O) groups excluding carboxylic acids is 2. The van der Waals surface area contributed by atoms with E-state index in [-0.39, 0.29) is 0 Å². The lowest BCUT2D eigenvalue weighted by Crippen LogP contribution is -2.42. The zero-order valence-corrected chi connectivity index (χ0v) is 14.8. The van der Waals surface area contributed by atoms with Crippen molar-refractivity contribution in [3.63, 3.8) is 0 Å². The summed E-state index contributed by atoms with van der Waals surface area (Å²) in [6.07, 6.45) is -7.58. The molecule has 0 bridgehead atoms. The van der Waals surface area contributed by atoms with Gasteiger partial charge in [0.1, 0.15) is 22.8 Å². The molecule has 0 saturated heterocycles. The highest BCUT2D eigenvalue weighted by molar-refractivity contribution is 9.10. The van der Waals surface area contributed by atoms with Crippen LogP contribution in [0.2, 0.25) is 0 Å². The molecule has 0 saturated carbocycles. The fourth-order valence-corrected chi connectivity index (χ4v) is 1.37. The number of alkyl halides is 6. The topological polar surface area (TPSA) is 72.8 Å². The molecule has 1 unspecified atom stereocenters. The number of aliphatic hydroxyl groups excluding tert-OH is 1. The van der Waals surface area contributed by atoms with E-state index in [1.165, 1.54) is 13.8 Å². The van der Waals surface area contributed by atoms with Gasteiger partial charge in [-0.05, 0) is 20.8 Å². The van der Waals surface area contributed by atoms with E-state index in [0.29, 0.717) is 0 Å². The van der Waals surface area contributed by atoms with Crippen LogP contribution in [0, 0.1) is 5.41 Å². The Hall–Kier alpha value is -0.970. The number of esters is 2. The maximum Gasteiger partial charge on any atom is 0.394 e. The lowest BCUT2D eigenvalue weighted by molar-refractivity contribution is -0.208. The van der Waals surface area contributed by atoms with E-state index in [1.54, 1.807) is 0 Å². The maximum atomic E-state index is 13.1. The van der Waals surface area contributed by atoms with E-state index in [0.717, 1.165) is 6.92 Å². The van der Waals surface area contributed by atoms with Crippen LogP contribution in [0.4, 0.5) is 22.0 Å². The number of hydrogen-bond donors (Lipinski definition) is 1. The van der Waals surface area contributed by atoms with Gasteiger partial charge in [0.25, 0.3) is 5.92 Å². The molecule has 0 aliphatic rings. The molecule has 1 atom stereocenters. The van der Waals surface area contributed by atoms with Gasteiger partial charge in [0, 0.05) is 0 Å². The van der Waals surface area contributed by atoms with Gasteiger partial charge in [-0.1, -0.05) is 15.9 Å². The van der Waals surface area contributed by atoms with Crippen LogP contribution in [-0.4, -0.2) is 53.3 Å². The first-order chi connectivity index (χ1) is 10.5. The van der Waals surface area contributed by atoms with Crippen LogP contribution in [0.3, 0.4) is 0 Å². The Bertz CT molecular complexity index is 461. The fourth-order valence-electron chi connectivity index (χ4n) is 1.26. The third-order valence-electron chi connectivity index (χ3n) is 2.72. The van der Waals surface area contributed by atoms with E-state index in [2.05, 4.69) is 20.7 Å². The zero-order chi connectivity index (χ0) is 19.4. The van der Waals surface area contributed by atoms with Crippen LogP contribution in [0.15, 0.2) is 0 Å². The minimum Gasteiger partial charge on any atom is -0.463 e. The minimum atomic E-state index is -5.13. The number of ether oxygens (including phenoxy) is 2. The van der Waals surface area contributed by atoms with Crippen LogP contribution >= 0.6 is 15.9 Å². The van der Waals surface area contributed by atoms with Crippen LogP contribution < -0.4 is 0 Å². The molecule has 24 heavy (non-hydrogen) atoms. The van der Waals surface area contributed by atoms with Crippen molar-refractivity contribution in [1.29, 1.82) is 0 Å². The predicted octanol–water partition coefficient (Wildman–Crippen LogP) is 2.83. The Morgan fingerprint density at radius 1 is 0.958 bits per heavy atom. The van der Waals surface area contributed by atoms with E-state index in [4.69, 9.17) is 4.74 Å². The molecular formula is C13H18BrF5O5. The quantitative estimate of drug-likeness (QED) is 0.365. The molecule has 0 fully saturated rings. The molecule has 0 heterocycles. The van der Waals surface area contributed by atoms with Gasteiger partial charge in [0.2, 0.25) is 0 Å². The lowest BCUT2D eigenvalue weighted by atomic mass is 9.93. The van der Waals surface area contributed by atoms with E-state index in [9.17, 15) is 36.6 Å². The van der Waals surface area contributed by atoms with Crippen molar-refractivity contribution in [2.45, 2.75) is 43.6 Å². The van der Waals surface area contributed by atoms with Gasteiger partial charge >= 0.3 is 18.1 Å². The fraction of sp³-hybridized carbons (Fsp3) is 0.846. The molecule has 0 radical (unpaired) electrons. The molecule has 0 amide bonds. The third-order valence-corrected chi connectivity index (χ3v) is 3.05. The molecule has 0 spiro atoms. The highest BCUT2D eigenvalue weighted by Gasteiger charge is 2.46. The number of rotatable bonds is 8. The summed E-state index contributed by atoms with van der Waals surface area (Å²) in [6, 6.07) is 0. The van der Waals surface area contributed by atoms with Gasteiger partial charge < -0.3 is 14.6 Å². The summed E-state index contributed by atoms with van der Waals surface area (Å²) in [5.41, 5.74) is -1.89. The van der Waals surface area contributed by atoms with Crippen molar-refractivity contribution < 1.29 is 46.1 Å². The van der Waals surface area contributed by atoms with Crippen LogP contribution in [-0.2, 0) is 19.1 Å². The third kappa shape index (κ3) is 8.22. The molecule has 5 nitrogen and oxygen atoms in total. The summed E-state index contributed by atoms with van der Waals surface area (Å²) in [7, 11) is 0. The Morgan fingerprint density at radius 2 is 1.42 bits per heavy atom. The highest BCUT2D eigenvalue weighted by atomic mass is 79.9. The number of carbonyl (C=O) groups is 2. The second-order valence-corrected chi connectivity index (χ2v) is 7.97. The Morgan fingerprint density at radius 3 is 1.79 bits per heavy atom. The molecule has 142 valence electrons. The average molecular weight is 429 g/mol. The van der Waals surface area contributed by atoms with Crippen molar-refractivity contribution in [1.82, 2.24) is 0 Å². The number of halogens is 6. The van der Waals surface area contributed by atoms with Gasteiger partial charge in [0.15, 0.2) is 6.61 Å². The first kappa shape index (κ1) is 23.0. The average Bonchev–Trinajstić information content (AvgIpc) is 2.38. The van der Waals surface area contributed by atoms with Gasteiger partial charge in [-0.3, -0.25) is 9.59 Å². The van der Waals surface area contributed by atoms with Crippen LogP contribution in [0.25, 0.3) is 0 Å². The van der Waals surface area contributed by atoms with E-state index in [1.807, 2.05) is 0 Å². The van der Waals surface area contributed by atoms with Crippen molar-refractivity contribution in [2.75, 3.05) is 19.8 Å². The van der Waals surface area contributed by atoms with Crippen molar-refractivity contribution in [3.05, 3.63) is 0 Å². The summed E-state index contributed by atoms with van der Waals surface area (Å²) in [6.45, 7) is 0.529. The smallest absolute Gasteiger partial charge is 0.394 e. The molecular weight excluding hydrogens is 411 g/mol. The summed E-state index contributed by atoms with van der Waals surface area (Å²) in [5, 5.41) is 9.22. The second kappa shape index (κ2) is 7.94. The van der Waals surface area contributed by atoms with Crippen molar-refractivity contribution in [2.24, 2.45) is 5.41 Å². The molecule has 0 aromatic carbocycles. The maximum absolute atomic E-state index is 13.1. The van der Waals surface area contributed by atoms with Crippen molar-refractivity contribution in [3.8, 4) is 0 Å². The minimum absolute atomic E-state index is 0.693. The summed E-state index contributed by atoms with van der Waals surface area (Å²) in [5.74, 6) is -6.51. The molecule has 0 aliphatic carbocycles. The van der Waals surface area contributed by atoms with E-state index < -0.39 is 60.0 Å². The second-order valence-electron chi connectivity index (χ2n) is 5.99. The first-order valence-electron chi connectivity index (χ1n) is 6.61. The lowest BCUT2D eigenvalue weighted by Gasteiger charge is -2.27. The van der Waals surface area contributed by atoms with Crippen LogP contribution in [0.1, 0.15) is 27.2 Å².